The molecule has 1 N–H and O–H groups in total. The fourth-order valence-corrected chi connectivity index (χ4v) is 1.79. The third kappa shape index (κ3) is 2.94. The Morgan fingerprint density at radius 3 is 2.71 bits per heavy atom. The van der Waals surface area contributed by atoms with E-state index in [1.807, 2.05) is 18.2 Å². The predicted molar refractivity (Wildman–Crippen MR) is 68.2 cm³/mol. The van der Waals surface area contributed by atoms with Crippen molar-refractivity contribution in [1.82, 2.24) is 4.98 Å². The molecule has 2 rings (SSSR count). The van der Waals surface area contributed by atoms with Crippen LogP contribution < -0.4 is 10.1 Å². The summed E-state index contributed by atoms with van der Waals surface area (Å²) in [6.07, 6.45) is 1.41. The first-order valence-electron chi connectivity index (χ1n) is 4.91. The summed E-state index contributed by atoms with van der Waals surface area (Å²) in [7, 11) is 1.59. The minimum Gasteiger partial charge on any atom is -0.495 e. The number of pyridine rings is 1. The molecular weight excluding hydrogens is 287 g/mol. The van der Waals surface area contributed by atoms with Crippen LogP contribution in [0.4, 0.5) is 15.8 Å². The van der Waals surface area contributed by atoms with Crippen LogP contribution in [0.2, 0.25) is 0 Å². The Balaban J connectivity index is 2.24. The van der Waals surface area contributed by atoms with Crippen molar-refractivity contribution in [1.29, 1.82) is 0 Å². The van der Waals surface area contributed by atoms with E-state index in [0.717, 1.165) is 10.2 Å². The molecule has 17 heavy (non-hydrogen) atoms. The molecule has 1 aromatic heterocycles. The fraction of sp³-hybridized carbons (Fsp3) is 0.0833. The summed E-state index contributed by atoms with van der Waals surface area (Å²) in [5.74, 6) is 0.198. The van der Waals surface area contributed by atoms with Gasteiger partial charge in [0, 0.05) is 29.7 Å². The normalized spacial score (nSPS) is 10.1. The van der Waals surface area contributed by atoms with Gasteiger partial charge in [0.15, 0.2) is 0 Å². The number of nitrogens with one attached hydrogen (secondary N) is 1. The van der Waals surface area contributed by atoms with Gasteiger partial charge in [-0.2, -0.15) is 4.39 Å². The SMILES string of the molecule is COc1cc(Nc2ccnc(F)c2)ccc1Br. The van der Waals surface area contributed by atoms with Gasteiger partial charge in [-0.1, -0.05) is 0 Å². The van der Waals surface area contributed by atoms with E-state index in [1.54, 1.807) is 13.2 Å². The molecule has 3 nitrogen and oxygen atoms in total. The Morgan fingerprint density at radius 1 is 1.24 bits per heavy atom. The lowest BCUT2D eigenvalue weighted by atomic mass is 10.3. The van der Waals surface area contributed by atoms with Gasteiger partial charge in [-0.25, -0.2) is 4.98 Å². The zero-order valence-electron chi connectivity index (χ0n) is 9.08. The molecule has 0 aliphatic carbocycles. The highest BCUT2D eigenvalue weighted by atomic mass is 79.9. The molecule has 0 aliphatic heterocycles. The third-order valence-electron chi connectivity index (χ3n) is 2.17. The molecule has 0 saturated heterocycles. The topological polar surface area (TPSA) is 34.1 Å². The van der Waals surface area contributed by atoms with Crippen molar-refractivity contribution in [2.24, 2.45) is 0 Å². The summed E-state index contributed by atoms with van der Waals surface area (Å²) in [5.41, 5.74) is 1.46. The molecule has 0 unspecified atom stereocenters. The fourth-order valence-electron chi connectivity index (χ4n) is 1.38. The van der Waals surface area contributed by atoms with Crippen LogP contribution in [0.25, 0.3) is 0 Å². The van der Waals surface area contributed by atoms with Crippen molar-refractivity contribution in [2.45, 2.75) is 0 Å². The summed E-state index contributed by atoms with van der Waals surface area (Å²) in [4.78, 5) is 3.49. The van der Waals surface area contributed by atoms with Crippen LogP contribution in [0.5, 0.6) is 5.75 Å². The molecule has 0 spiro atoms. The lowest BCUT2D eigenvalue weighted by molar-refractivity contribution is 0.412. The number of nitrogens with zero attached hydrogens (tertiary/aromatic N) is 1. The monoisotopic (exact) mass is 296 g/mol. The summed E-state index contributed by atoms with van der Waals surface area (Å²) in [5, 5.41) is 3.07. The van der Waals surface area contributed by atoms with E-state index < -0.39 is 5.95 Å². The first-order chi connectivity index (χ1) is 8.19. The first-order valence-corrected chi connectivity index (χ1v) is 5.70. The van der Waals surface area contributed by atoms with Gasteiger partial charge in [-0.3, -0.25) is 0 Å². The molecular formula is C12H10BrFN2O. The van der Waals surface area contributed by atoms with Crippen LogP contribution in [0.3, 0.4) is 0 Å². The Hall–Kier alpha value is -1.62. The number of hydrogen-bond donors (Lipinski definition) is 1. The van der Waals surface area contributed by atoms with Gasteiger partial charge in [-0.05, 0) is 34.1 Å². The molecule has 0 radical (unpaired) electrons. The molecule has 0 fully saturated rings. The van der Waals surface area contributed by atoms with Crippen molar-refractivity contribution in [2.75, 3.05) is 12.4 Å². The van der Waals surface area contributed by atoms with E-state index in [0.29, 0.717) is 11.4 Å². The predicted octanol–water partition coefficient (Wildman–Crippen LogP) is 3.74. The number of anilines is 2. The highest BCUT2D eigenvalue weighted by Gasteiger charge is 2.02. The standard InChI is InChI=1S/C12H10BrFN2O/c1-17-11-6-8(2-3-10(11)13)16-9-4-5-15-12(14)7-9/h2-7H,1H3,(H,15,16). The van der Waals surface area contributed by atoms with Crippen LogP contribution in [-0.2, 0) is 0 Å². The van der Waals surface area contributed by atoms with E-state index in [9.17, 15) is 4.39 Å². The number of ether oxygens (including phenoxy) is 1. The Kier molecular flexibility index (Phi) is 3.58. The maximum absolute atomic E-state index is 12.9. The number of halogens is 2. The number of rotatable bonds is 3. The van der Waals surface area contributed by atoms with Gasteiger partial charge in [0.1, 0.15) is 5.75 Å². The first kappa shape index (κ1) is 11.9. The van der Waals surface area contributed by atoms with Gasteiger partial charge in [0.05, 0.1) is 11.6 Å². The van der Waals surface area contributed by atoms with Crippen molar-refractivity contribution >= 4 is 27.3 Å². The van der Waals surface area contributed by atoms with E-state index in [2.05, 4.69) is 26.2 Å². The van der Waals surface area contributed by atoms with Crippen LogP contribution in [0.15, 0.2) is 41.0 Å². The highest BCUT2D eigenvalue weighted by Crippen LogP contribution is 2.29. The molecule has 0 bridgehead atoms. The average molecular weight is 297 g/mol. The van der Waals surface area contributed by atoms with E-state index in [-0.39, 0.29) is 0 Å². The van der Waals surface area contributed by atoms with E-state index in [4.69, 9.17) is 4.74 Å². The van der Waals surface area contributed by atoms with Crippen LogP contribution in [-0.4, -0.2) is 12.1 Å². The third-order valence-corrected chi connectivity index (χ3v) is 2.82. The van der Waals surface area contributed by atoms with Gasteiger partial charge in [0.25, 0.3) is 0 Å². The quantitative estimate of drug-likeness (QED) is 0.876. The molecule has 0 saturated carbocycles. The number of methoxy groups -OCH3 is 1. The maximum atomic E-state index is 12.9. The van der Waals surface area contributed by atoms with Crippen LogP contribution in [0.1, 0.15) is 0 Å². The summed E-state index contributed by atoms with van der Waals surface area (Å²) in [6, 6.07) is 8.57. The molecule has 88 valence electrons. The van der Waals surface area contributed by atoms with Gasteiger partial charge in [-0.15, -0.1) is 0 Å². The van der Waals surface area contributed by atoms with Crippen molar-refractivity contribution in [3.63, 3.8) is 0 Å². The minimum absolute atomic E-state index is 0.515. The molecule has 2 aromatic rings. The van der Waals surface area contributed by atoms with Crippen molar-refractivity contribution in [3.8, 4) is 5.75 Å². The Morgan fingerprint density at radius 2 is 2.00 bits per heavy atom. The highest BCUT2D eigenvalue weighted by molar-refractivity contribution is 9.10. The van der Waals surface area contributed by atoms with Crippen LogP contribution >= 0.6 is 15.9 Å². The van der Waals surface area contributed by atoms with Crippen LogP contribution in [0, 0.1) is 5.95 Å². The molecule has 1 aromatic carbocycles. The molecule has 1 heterocycles. The summed E-state index contributed by atoms with van der Waals surface area (Å²) < 4.78 is 18.9. The molecule has 0 aliphatic rings. The average Bonchev–Trinajstić information content (AvgIpc) is 2.32. The second-order valence-corrected chi connectivity index (χ2v) is 4.20. The second-order valence-electron chi connectivity index (χ2n) is 3.34. The molecule has 5 heteroatoms. The largest absolute Gasteiger partial charge is 0.495 e. The zero-order valence-corrected chi connectivity index (χ0v) is 10.7. The lowest BCUT2D eigenvalue weighted by Crippen LogP contribution is -1.93. The Labute approximate surface area is 107 Å². The van der Waals surface area contributed by atoms with Gasteiger partial charge in [0.2, 0.25) is 5.95 Å². The van der Waals surface area contributed by atoms with Gasteiger partial charge < -0.3 is 10.1 Å². The second kappa shape index (κ2) is 5.14. The number of aromatic nitrogens is 1. The Bertz CT molecular complexity index is 534. The summed E-state index contributed by atoms with van der Waals surface area (Å²) in [6.45, 7) is 0. The zero-order chi connectivity index (χ0) is 12.3. The minimum atomic E-state index is -0.515. The van der Waals surface area contributed by atoms with E-state index >= 15 is 0 Å². The number of benzene rings is 1. The summed E-state index contributed by atoms with van der Waals surface area (Å²) >= 11 is 3.36. The van der Waals surface area contributed by atoms with Gasteiger partial charge >= 0.3 is 0 Å². The van der Waals surface area contributed by atoms with Crippen molar-refractivity contribution in [3.05, 3.63) is 46.9 Å². The molecule has 0 atom stereocenters. The number of hydrogen-bond acceptors (Lipinski definition) is 3. The van der Waals surface area contributed by atoms with E-state index in [1.165, 1.54) is 12.3 Å². The maximum Gasteiger partial charge on any atom is 0.214 e. The smallest absolute Gasteiger partial charge is 0.214 e. The van der Waals surface area contributed by atoms with Crippen molar-refractivity contribution < 1.29 is 9.13 Å². The molecule has 0 amide bonds. The lowest BCUT2D eigenvalue weighted by Gasteiger charge is -2.09.